The largest absolute Gasteiger partial charge is 0.346 e. The van der Waals surface area contributed by atoms with Crippen LogP contribution in [-0.2, 0) is 0 Å². The Morgan fingerprint density at radius 1 is 1.23 bits per heavy atom. The molecular formula is C18H18BrN7. The van der Waals surface area contributed by atoms with Gasteiger partial charge in [-0.05, 0) is 47.0 Å². The van der Waals surface area contributed by atoms with Crippen LogP contribution in [0.5, 0.6) is 0 Å². The molecule has 1 aliphatic rings. The quantitative estimate of drug-likeness (QED) is 0.469. The molecule has 26 heavy (non-hydrogen) atoms. The molecule has 2 unspecified atom stereocenters. The third kappa shape index (κ3) is 2.48. The Balaban J connectivity index is 1.63. The van der Waals surface area contributed by atoms with E-state index < -0.39 is 0 Å². The lowest BCUT2D eigenvalue weighted by Gasteiger charge is -2.38. The SMILES string of the molecule is NC1CCN(c2ncnc3[nH]ccc23)C(c2nc3c(Br)cccc3[nH]2)C1. The van der Waals surface area contributed by atoms with Gasteiger partial charge in [-0.1, -0.05) is 6.07 Å². The number of halogens is 1. The average molecular weight is 412 g/mol. The van der Waals surface area contributed by atoms with Gasteiger partial charge in [0.2, 0.25) is 0 Å². The predicted octanol–water partition coefficient (Wildman–Crippen LogP) is 3.27. The van der Waals surface area contributed by atoms with Gasteiger partial charge in [0, 0.05) is 23.3 Å². The van der Waals surface area contributed by atoms with Crippen LogP contribution in [0, 0.1) is 0 Å². The second-order valence-electron chi connectivity index (χ2n) is 6.69. The lowest BCUT2D eigenvalue weighted by atomic mass is 9.97. The fourth-order valence-electron chi connectivity index (χ4n) is 3.77. The highest BCUT2D eigenvalue weighted by molar-refractivity contribution is 9.10. The summed E-state index contributed by atoms with van der Waals surface area (Å²) in [5.74, 6) is 1.84. The summed E-state index contributed by atoms with van der Waals surface area (Å²) in [5, 5.41) is 1.02. The van der Waals surface area contributed by atoms with E-state index in [1.807, 2.05) is 30.5 Å². The van der Waals surface area contributed by atoms with Gasteiger partial charge in [-0.25, -0.2) is 15.0 Å². The van der Waals surface area contributed by atoms with Gasteiger partial charge in [0.1, 0.15) is 29.1 Å². The summed E-state index contributed by atoms with van der Waals surface area (Å²) in [6.07, 6.45) is 5.25. The summed E-state index contributed by atoms with van der Waals surface area (Å²) in [6, 6.07) is 8.27. The van der Waals surface area contributed by atoms with E-state index in [0.717, 1.165) is 57.6 Å². The minimum absolute atomic E-state index is 0.0473. The van der Waals surface area contributed by atoms with Crippen LogP contribution in [0.3, 0.4) is 0 Å². The maximum atomic E-state index is 6.30. The Bertz CT molecular complexity index is 1090. The second kappa shape index (κ2) is 6.07. The minimum atomic E-state index is 0.0473. The summed E-state index contributed by atoms with van der Waals surface area (Å²) >= 11 is 3.59. The molecule has 4 aromatic rings. The Labute approximate surface area is 158 Å². The summed E-state index contributed by atoms with van der Waals surface area (Å²) < 4.78 is 0.985. The highest BCUT2D eigenvalue weighted by Gasteiger charge is 2.32. The van der Waals surface area contributed by atoms with Gasteiger partial charge in [-0.2, -0.15) is 0 Å². The van der Waals surface area contributed by atoms with Gasteiger partial charge in [0.15, 0.2) is 0 Å². The maximum Gasteiger partial charge on any atom is 0.142 e. The molecule has 1 fully saturated rings. The number of aromatic amines is 2. The van der Waals surface area contributed by atoms with Crippen LogP contribution >= 0.6 is 15.9 Å². The molecule has 0 radical (unpaired) electrons. The van der Waals surface area contributed by atoms with Crippen molar-refractivity contribution in [2.45, 2.75) is 24.9 Å². The molecule has 0 spiro atoms. The molecule has 1 aromatic carbocycles. The summed E-state index contributed by atoms with van der Waals surface area (Å²) in [6.45, 7) is 0.835. The molecule has 132 valence electrons. The first-order valence-electron chi connectivity index (χ1n) is 8.65. The number of rotatable bonds is 2. The van der Waals surface area contributed by atoms with Crippen molar-refractivity contribution < 1.29 is 0 Å². The van der Waals surface area contributed by atoms with Crippen LogP contribution in [0.4, 0.5) is 5.82 Å². The lowest BCUT2D eigenvalue weighted by molar-refractivity contribution is 0.408. The Hall–Kier alpha value is -2.45. The zero-order valence-electron chi connectivity index (χ0n) is 14.0. The molecule has 7 nitrogen and oxygen atoms in total. The molecule has 5 rings (SSSR count). The molecule has 1 aliphatic heterocycles. The van der Waals surface area contributed by atoms with E-state index in [-0.39, 0.29) is 12.1 Å². The number of anilines is 1. The van der Waals surface area contributed by atoms with Crippen LogP contribution in [0.25, 0.3) is 22.1 Å². The number of fused-ring (bicyclic) bond motifs is 2. The number of nitrogens with zero attached hydrogens (tertiary/aromatic N) is 4. The van der Waals surface area contributed by atoms with E-state index in [1.165, 1.54) is 0 Å². The summed E-state index contributed by atoms with van der Waals surface area (Å²) in [5.41, 5.74) is 9.10. The smallest absolute Gasteiger partial charge is 0.142 e. The number of benzene rings is 1. The summed E-state index contributed by atoms with van der Waals surface area (Å²) in [7, 11) is 0. The van der Waals surface area contributed by atoms with E-state index in [9.17, 15) is 0 Å². The molecule has 0 aliphatic carbocycles. The Morgan fingerprint density at radius 3 is 3.04 bits per heavy atom. The fraction of sp³-hybridized carbons (Fsp3) is 0.278. The molecule has 2 atom stereocenters. The van der Waals surface area contributed by atoms with Gasteiger partial charge >= 0.3 is 0 Å². The van der Waals surface area contributed by atoms with Crippen molar-refractivity contribution in [2.24, 2.45) is 5.73 Å². The number of nitrogens with one attached hydrogen (secondary N) is 2. The topological polar surface area (TPSA) is 99.5 Å². The van der Waals surface area contributed by atoms with Gasteiger partial charge in [-0.3, -0.25) is 0 Å². The number of H-pyrrole nitrogens is 2. The maximum absolute atomic E-state index is 6.30. The average Bonchev–Trinajstić information content (AvgIpc) is 3.29. The van der Waals surface area contributed by atoms with Crippen LogP contribution in [-0.4, -0.2) is 37.5 Å². The van der Waals surface area contributed by atoms with Crippen LogP contribution in [0.1, 0.15) is 24.7 Å². The minimum Gasteiger partial charge on any atom is -0.346 e. The highest BCUT2D eigenvalue weighted by Crippen LogP contribution is 2.36. The van der Waals surface area contributed by atoms with Crippen LogP contribution in [0.15, 0.2) is 41.3 Å². The molecule has 1 saturated heterocycles. The van der Waals surface area contributed by atoms with Crippen molar-refractivity contribution in [3.05, 3.63) is 47.1 Å². The number of piperidine rings is 1. The van der Waals surface area contributed by atoms with E-state index in [2.05, 4.69) is 40.8 Å². The third-order valence-corrected chi connectivity index (χ3v) is 5.69. The highest BCUT2D eigenvalue weighted by atomic mass is 79.9. The Morgan fingerprint density at radius 2 is 2.15 bits per heavy atom. The number of imidazole rings is 1. The molecule has 4 N–H and O–H groups in total. The number of nitrogens with two attached hydrogens (primary N) is 1. The monoisotopic (exact) mass is 411 g/mol. The normalized spacial score (nSPS) is 20.9. The molecular weight excluding hydrogens is 394 g/mol. The van der Waals surface area contributed by atoms with Crippen molar-refractivity contribution in [3.63, 3.8) is 0 Å². The zero-order chi connectivity index (χ0) is 17.7. The molecule has 4 heterocycles. The predicted molar refractivity (Wildman–Crippen MR) is 105 cm³/mol. The number of aromatic nitrogens is 5. The number of para-hydroxylation sites is 1. The molecule has 0 saturated carbocycles. The lowest BCUT2D eigenvalue weighted by Crippen LogP contribution is -2.43. The Kier molecular flexibility index (Phi) is 3.68. The third-order valence-electron chi connectivity index (χ3n) is 5.05. The first-order chi connectivity index (χ1) is 12.7. The van der Waals surface area contributed by atoms with Gasteiger partial charge in [0.25, 0.3) is 0 Å². The van der Waals surface area contributed by atoms with E-state index >= 15 is 0 Å². The van der Waals surface area contributed by atoms with E-state index in [0.29, 0.717) is 0 Å². The number of hydrogen-bond donors (Lipinski definition) is 3. The fourth-order valence-corrected chi connectivity index (χ4v) is 4.22. The zero-order valence-corrected chi connectivity index (χ0v) is 15.6. The van der Waals surface area contributed by atoms with Crippen molar-refractivity contribution in [1.82, 2.24) is 24.9 Å². The standard InChI is InChI=1S/C18H18BrN7/c19-12-2-1-3-13-15(12)25-17(24-13)14-8-10(20)5-7-26(14)18-11-4-6-21-16(11)22-9-23-18/h1-4,6,9-10,14H,5,7-8,20H2,(H,24,25)(H,21,22,23). The first-order valence-corrected chi connectivity index (χ1v) is 9.44. The van der Waals surface area contributed by atoms with E-state index in [1.54, 1.807) is 6.33 Å². The molecule has 3 aromatic heterocycles. The first kappa shape index (κ1) is 15.8. The molecule has 8 heteroatoms. The second-order valence-corrected chi connectivity index (χ2v) is 7.54. The van der Waals surface area contributed by atoms with Gasteiger partial charge < -0.3 is 20.6 Å². The number of hydrogen-bond acceptors (Lipinski definition) is 5. The van der Waals surface area contributed by atoms with Crippen LogP contribution in [0.2, 0.25) is 0 Å². The van der Waals surface area contributed by atoms with Crippen molar-refractivity contribution in [1.29, 1.82) is 0 Å². The molecule has 0 amide bonds. The summed E-state index contributed by atoms with van der Waals surface area (Å²) in [4.78, 5) is 22.7. The van der Waals surface area contributed by atoms with Crippen molar-refractivity contribution >= 4 is 43.8 Å². The van der Waals surface area contributed by atoms with Crippen molar-refractivity contribution in [3.8, 4) is 0 Å². The van der Waals surface area contributed by atoms with Crippen molar-refractivity contribution in [2.75, 3.05) is 11.4 Å². The van der Waals surface area contributed by atoms with E-state index in [4.69, 9.17) is 10.7 Å². The van der Waals surface area contributed by atoms with Crippen LogP contribution < -0.4 is 10.6 Å². The van der Waals surface area contributed by atoms with Gasteiger partial charge in [-0.15, -0.1) is 0 Å². The van der Waals surface area contributed by atoms with Gasteiger partial charge in [0.05, 0.1) is 16.9 Å². The molecule has 0 bridgehead atoms.